The molecule has 0 aromatic rings. The largest absolute Gasteiger partial charge is 0.305 e. The SMILES string of the molecule is CCCCCCCCCNOC. The third kappa shape index (κ3) is 9.92. The lowest BCUT2D eigenvalue weighted by Crippen LogP contribution is -2.12. The first-order chi connectivity index (χ1) is 5.91. The number of nitrogens with one attached hydrogen (secondary N) is 1. The fraction of sp³-hybridized carbons (Fsp3) is 1.00. The van der Waals surface area contributed by atoms with Crippen molar-refractivity contribution in [1.29, 1.82) is 0 Å². The molecule has 74 valence electrons. The molecule has 0 radical (unpaired) electrons. The lowest BCUT2D eigenvalue weighted by molar-refractivity contribution is 0.0904. The summed E-state index contributed by atoms with van der Waals surface area (Å²) in [4.78, 5) is 4.74. The van der Waals surface area contributed by atoms with Gasteiger partial charge in [0.2, 0.25) is 0 Å². The Morgan fingerprint density at radius 1 is 0.917 bits per heavy atom. The quantitative estimate of drug-likeness (QED) is 0.427. The molecule has 0 aliphatic rings. The minimum Gasteiger partial charge on any atom is -0.305 e. The van der Waals surface area contributed by atoms with Crippen molar-refractivity contribution in [2.24, 2.45) is 0 Å². The topological polar surface area (TPSA) is 21.3 Å². The predicted molar refractivity (Wildman–Crippen MR) is 53.0 cm³/mol. The first-order valence-electron chi connectivity index (χ1n) is 5.17. The van der Waals surface area contributed by atoms with Gasteiger partial charge in [-0.25, -0.2) is 5.48 Å². The predicted octanol–water partition coefficient (Wildman–Crippen LogP) is 2.89. The van der Waals surface area contributed by atoms with Gasteiger partial charge < -0.3 is 4.84 Å². The molecular weight excluding hydrogens is 150 g/mol. The van der Waals surface area contributed by atoms with E-state index in [2.05, 4.69) is 12.4 Å². The highest BCUT2D eigenvalue weighted by Crippen LogP contribution is 2.05. The van der Waals surface area contributed by atoms with Crippen molar-refractivity contribution in [1.82, 2.24) is 5.48 Å². The van der Waals surface area contributed by atoms with Crippen molar-refractivity contribution in [2.75, 3.05) is 13.7 Å². The number of hydrogen-bond acceptors (Lipinski definition) is 2. The minimum atomic E-state index is 0.990. The van der Waals surface area contributed by atoms with Crippen LogP contribution in [-0.4, -0.2) is 13.7 Å². The molecule has 0 aromatic carbocycles. The Hall–Kier alpha value is -0.0800. The Morgan fingerprint density at radius 2 is 1.50 bits per heavy atom. The van der Waals surface area contributed by atoms with Crippen LogP contribution in [0.4, 0.5) is 0 Å². The van der Waals surface area contributed by atoms with Gasteiger partial charge in [-0.1, -0.05) is 45.4 Å². The number of hydrogen-bond donors (Lipinski definition) is 1. The molecule has 0 atom stereocenters. The molecule has 0 unspecified atom stereocenters. The standard InChI is InChI=1S/C10H23NO/c1-3-4-5-6-7-8-9-10-11-12-2/h11H,3-10H2,1-2H3. The van der Waals surface area contributed by atoms with Crippen LogP contribution in [0, 0.1) is 0 Å². The second-order valence-electron chi connectivity index (χ2n) is 3.22. The van der Waals surface area contributed by atoms with Gasteiger partial charge >= 0.3 is 0 Å². The van der Waals surface area contributed by atoms with Crippen LogP contribution in [0.5, 0.6) is 0 Å². The summed E-state index contributed by atoms with van der Waals surface area (Å²) in [5, 5.41) is 0. The van der Waals surface area contributed by atoms with Crippen molar-refractivity contribution < 1.29 is 4.84 Å². The van der Waals surface area contributed by atoms with Gasteiger partial charge in [0, 0.05) is 6.54 Å². The highest BCUT2D eigenvalue weighted by molar-refractivity contribution is 4.45. The molecule has 0 aliphatic carbocycles. The third-order valence-electron chi connectivity index (χ3n) is 2.03. The average molecular weight is 173 g/mol. The van der Waals surface area contributed by atoms with Gasteiger partial charge in [-0.05, 0) is 6.42 Å². The maximum atomic E-state index is 4.74. The molecule has 0 saturated carbocycles. The first-order valence-corrected chi connectivity index (χ1v) is 5.17. The van der Waals surface area contributed by atoms with Crippen molar-refractivity contribution in [3.8, 4) is 0 Å². The van der Waals surface area contributed by atoms with Crippen LogP contribution in [0.25, 0.3) is 0 Å². The van der Waals surface area contributed by atoms with E-state index in [0.717, 1.165) is 6.54 Å². The van der Waals surface area contributed by atoms with Gasteiger partial charge in [0.25, 0.3) is 0 Å². The van der Waals surface area contributed by atoms with Crippen LogP contribution in [0.1, 0.15) is 51.9 Å². The lowest BCUT2D eigenvalue weighted by atomic mass is 10.1. The number of unbranched alkanes of at least 4 members (excludes halogenated alkanes) is 6. The summed E-state index contributed by atoms with van der Waals surface area (Å²) in [6.07, 6.45) is 9.50. The van der Waals surface area contributed by atoms with E-state index in [1.807, 2.05) is 0 Å². The molecule has 0 spiro atoms. The Labute approximate surface area is 76.6 Å². The number of hydroxylamine groups is 1. The summed E-state index contributed by atoms with van der Waals surface area (Å²) in [5.74, 6) is 0. The maximum Gasteiger partial charge on any atom is 0.0572 e. The summed E-state index contributed by atoms with van der Waals surface area (Å²) in [7, 11) is 1.67. The zero-order valence-corrected chi connectivity index (χ0v) is 8.57. The van der Waals surface area contributed by atoms with Gasteiger partial charge in [-0.15, -0.1) is 0 Å². The summed E-state index contributed by atoms with van der Waals surface area (Å²) in [6, 6.07) is 0. The van der Waals surface area contributed by atoms with E-state index in [1.165, 1.54) is 44.9 Å². The van der Waals surface area contributed by atoms with Crippen molar-refractivity contribution in [3.05, 3.63) is 0 Å². The second-order valence-corrected chi connectivity index (χ2v) is 3.22. The van der Waals surface area contributed by atoms with Crippen LogP contribution in [0.15, 0.2) is 0 Å². The van der Waals surface area contributed by atoms with Crippen LogP contribution in [0.2, 0.25) is 0 Å². The van der Waals surface area contributed by atoms with Gasteiger partial charge in [0.05, 0.1) is 7.11 Å². The van der Waals surface area contributed by atoms with E-state index in [0.29, 0.717) is 0 Å². The molecule has 0 rings (SSSR count). The summed E-state index contributed by atoms with van der Waals surface area (Å²) in [5.41, 5.74) is 2.85. The zero-order chi connectivity index (χ0) is 9.07. The van der Waals surface area contributed by atoms with E-state index in [-0.39, 0.29) is 0 Å². The molecule has 0 amide bonds. The summed E-state index contributed by atoms with van der Waals surface area (Å²) < 4.78 is 0. The molecule has 0 aliphatic heterocycles. The Kier molecular flexibility index (Phi) is 10.8. The maximum absolute atomic E-state index is 4.74. The van der Waals surface area contributed by atoms with Crippen molar-refractivity contribution in [2.45, 2.75) is 51.9 Å². The van der Waals surface area contributed by atoms with Gasteiger partial charge in [-0.2, -0.15) is 0 Å². The monoisotopic (exact) mass is 173 g/mol. The average Bonchev–Trinajstić information content (AvgIpc) is 2.10. The molecule has 0 fully saturated rings. The first kappa shape index (κ1) is 11.9. The fourth-order valence-electron chi connectivity index (χ4n) is 1.26. The Morgan fingerprint density at radius 3 is 2.08 bits per heavy atom. The normalized spacial score (nSPS) is 10.5. The van der Waals surface area contributed by atoms with Crippen molar-refractivity contribution >= 4 is 0 Å². The zero-order valence-electron chi connectivity index (χ0n) is 8.57. The molecule has 2 nitrogen and oxygen atoms in total. The molecule has 0 aromatic heterocycles. The van der Waals surface area contributed by atoms with Crippen LogP contribution in [0.3, 0.4) is 0 Å². The van der Waals surface area contributed by atoms with E-state index >= 15 is 0 Å². The Balaban J connectivity index is 2.73. The van der Waals surface area contributed by atoms with Crippen LogP contribution < -0.4 is 5.48 Å². The van der Waals surface area contributed by atoms with Crippen LogP contribution in [-0.2, 0) is 4.84 Å². The van der Waals surface area contributed by atoms with Crippen LogP contribution >= 0.6 is 0 Å². The highest BCUT2D eigenvalue weighted by atomic mass is 16.6. The lowest BCUT2D eigenvalue weighted by Gasteiger charge is -2.01. The molecule has 1 N–H and O–H groups in total. The Bertz CT molecular complexity index is 66.2. The van der Waals surface area contributed by atoms with E-state index in [1.54, 1.807) is 7.11 Å². The molecule has 0 heterocycles. The molecule has 0 saturated heterocycles. The van der Waals surface area contributed by atoms with Gasteiger partial charge in [0.1, 0.15) is 0 Å². The summed E-state index contributed by atoms with van der Waals surface area (Å²) >= 11 is 0. The second kappa shape index (κ2) is 10.9. The molecule has 12 heavy (non-hydrogen) atoms. The summed E-state index contributed by atoms with van der Waals surface area (Å²) in [6.45, 7) is 3.24. The highest BCUT2D eigenvalue weighted by Gasteiger charge is 1.89. The third-order valence-corrected chi connectivity index (χ3v) is 2.03. The van der Waals surface area contributed by atoms with E-state index < -0.39 is 0 Å². The fourth-order valence-corrected chi connectivity index (χ4v) is 1.26. The molecule has 2 heteroatoms. The molecular formula is C10H23NO. The smallest absolute Gasteiger partial charge is 0.0572 e. The molecule has 0 bridgehead atoms. The number of rotatable bonds is 9. The van der Waals surface area contributed by atoms with E-state index in [4.69, 9.17) is 4.84 Å². The van der Waals surface area contributed by atoms with Crippen molar-refractivity contribution in [3.63, 3.8) is 0 Å². The van der Waals surface area contributed by atoms with Gasteiger partial charge in [-0.3, -0.25) is 0 Å². The van der Waals surface area contributed by atoms with E-state index in [9.17, 15) is 0 Å². The minimum absolute atomic E-state index is 0.990. The van der Waals surface area contributed by atoms with Gasteiger partial charge in [0.15, 0.2) is 0 Å².